The Kier molecular flexibility index (Phi) is 3.04. The van der Waals surface area contributed by atoms with Crippen LogP contribution in [0.15, 0.2) is 24.3 Å². The van der Waals surface area contributed by atoms with E-state index in [2.05, 4.69) is 5.32 Å². The Bertz CT molecular complexity index is 521. The standard InChI is InChI=1S/C12H13N3O2S/c13-9(16)7-1-3-8(4-2-7)15-11(17)12(5-6-12)10(14)18/h1-4H,5-6H2,(H2,13,16)(H2,14,18)(H,15,17). The van der Waals surface area contributed by atoms with E-state index in [4.69, 9.17) is 23.7 Å². The Morgan fingerprint density at radius 2 is 1.72 bits per heavy atom. The summed E-state index contributed by atoms with van der Waals surface area (Å²) in [5.74, 6) is -0.698. The van der Waals surface area contributed by atoms with E-state index in [0.717, 1.165) is 0 Å². The minimum Gasteiger partial charge on any atom is -0.392 e. The molecule has 1 fully saturated rings. The quantitative estimate of drug-likeness (QED) is 0.699. The molecule has 1 aliphatic rings. The van der Waals surface area contributed by atoms with Crippen molar-refractivity contribution in [2.45, 2.75) is 12.8 Å². The first kappa shape index (κ1) is 12.5. The van der Waals surface area contributed by atoms with Crippen LogP contribution in [0.1, 0.15) is 23.2 Å². The van der Waals surface area contributed by atoms with Gasteiger partial charge in [0.15, 0.2) is 0 Å². The van der Waals surface area contributed by atoms with Gasteiger partial charge in [-0.3, -0.25) is 9.59 Å². The van der Waals surface area contributed by atoms with E-state index in [1.807, 2.05) is 0 Å². The minimum absolute atomic E-state index is 0.193. The van der Waals surface area contributed by atoms with Crippen molar-refractivity contribution in [1.82, 2.24) is 0 Å². The summed E-state index contributed by atoms with van der Waals surface area (Å²) in [5.41, 5.74) is 11.0. The molecule has 1 aromatic carbocycles. The summed E-state index contributed by atoms with van der Waals surface area (Å²) in [6.07, 6.45) is 1.38. The largest absolute Gasteiger partial charge is 0.392 e. The predicted octanol–water partition coefficient (Wildman–Crippen LogP) is 0.790. The number of carbonyl (C=O) groups excluding carboxylic acids is 2. The average Bonchev–Trinajstić information content (AvgIpc) is 3.10. The Balaban J connectivity index is 2.08. The molecule has 18 heavy (non-hydrogen) atoms. The second-order valence-corrected chi connectivity index (χ2v) is 4.78. The van der Waals surface area contributed by atoms with Crippen LogP contribution in [0, 0.1) is 5.41 Å². The third kappa shape index (κ3) is 2.19. The van der Waals surface area contributed by atoms with Crippen molar-refractivity contribution in [2.75, 3.05) is 5.32 Å². The molecule has 5 nitrogen and oxygen atoms in total. The van der Waals surface area contributed by atoms with Crippen LogP contribution in [0.2, 0.25) is 0 Å². The van der Waals surface area contributed by atoms with Gasteiger partial charge in [-0.2, -0.15) is 0 Å². The number of hydrogen-bond acceptors (Lipinski definition) is 3. The number of amides is 2. The van der Waals surface area contributed by atoms with E-state index >= 15 is 0 Å². The molecular weight excluding hydrogens is 250 g/mol. The molecule has 1 saturated carbocycles. The molecule has 0 saturated heterocycles. The fourth-order valence-corrected chi connectivity index (χ4v) is 1.98. The zero-order valence-electron chi connectivity index (χ0n) is 9.60. The number of nitrogens with one attached hydrogen (secondary N) is 1. The highest BCUT2D eigenvalue weighted by Gasteiger charge is 2.52. The Morgan fingerprint density at radius 1 is 1.17 bits per heavy atom. The highest BCUT2D eigenvalue weighted by molar-refractivity contribution is 7.80. The lowest BCUT2D eigenvalue weighted by Crippen LogP contribution is -2.35. The highest BCUT2D eigenvalue weighted by atomic mass is 32.1. The summed E-state index contributed by atoms with van der Waals surface area (Å²) >= 11 is 4.90. The lowest BCUT2D eigenvalue weighted by Gasteiger charge is -2.13. The van der Waals surface area contributed by atoms with Gasteiger partial charge < -0.3 is 16.8 Å². The minimum atomic E-state index is -0.683. The second-order valence-electron chi connectivity index (χ2n) is 4.34. The Morgan fingerprint density at radius 3 is 2.11 bits per heavy atom. The van der Waals surface area contributed by atoms with E-state index in [-0.39, 0.29) is 10.9 Å². The van der Waals surface area contributed by atoms with Gasteiger partial charge in [0.1, 0.15) is 0 Å². The number of primary amides is 1. The van der Waals surface area contributed by atoms with Gasteiger partial charge in [0.2, 0.25) is 11.8 Å². The van der Waals surface area contributed by atoms with Crippen LogP contribution in [0.5, 0.6) is 0 Å². The van der Waals surface area contributed by atoms with Crippen LogP contribution in [0.25, 0.3) is 0 Å². The number of hydrogen-bond donors (Lipinski definition) is 3. The van der Waals surface area contributed by atoms with Crippen LogP contribution >= 0.6 is 12.2 Å². The van der Waals surface area contributed by atoms with Gasteiger partial charge >= 0.3 is 0 Å². The maximum atomic E-state index is 12.0. The van der Waals surface area contributed by atoms with Gasteiger partial charge in [-0.25, -0.2) is 0 Å². The van der Waals surface area contributed by atoms with Crippen molar-refractivity contribution in [3.05, 3.63) is 29.8 Å². The van der Waals surface area contributed by atoms with Gasteiger partial charge in [-0.15, -0.1) is 0 Å². The monoisotopic (exact) mass is 263 g/mol. The van der Waals surface area contributed by atoms with E-state index < -0.39 is 11.3 Å². The summed E-state index contributed by atoms with van der Waals surface area (Å²) in [7, 11) is 0. The van der Waals surface area contributed by atoms with Gasteiger partial charge in [-0.05, 0) is 37.1 Å². The van der Waals surface area contributed by atoms with Crippen LogP contribution < -0.4 is 16.8 Å². The molecule has 0 atom stereocenters. The van der Waals surface area contributed by atoms with Crippen LogP contribution in [0.4, 0.5) is 5.69 Å². The average molecular weight is 263 g/mol. The predicted molar refractivity (Wildman–Crippen MR) is 72.0 cm³/mol. The molecule has 0 aliphatic heterocycles. The first-order valence-electron chi connectivity index (χ1n) is 5.47. The SMILES string of the molecule is NC(=O)c1ccc(NC(=O)C2(C(N)=S)CC2)cc1. The zero-order valence-corrected chi connectivity index (χ0v) is 10.4. The molecular formula is C12H13N3O2S. The van der Waals surface area contributed by atoms with Crippen molar-refractivity contribution >= 4 is 34.7 Å². The summed E-state index contributed by atoms with van der Waals surface area (Å²) in [4.78, 5) is 23.1. The molecule has 6 heteroatoms. The molecule has 1 aromatic rings. The Labute approximate surface area is 110 Å². The summed E-state index contributed by atoms with van der Waals surface area (Å²) < 4.78 is 0. The highest BCUT2D eigenvalue weighted by Crippen LogP contribution is 2.46. The van der Waals surface area contributed by atoms with Crippen molar-refractivity contribution in [3.8, 4) is 0 Å². The summed E-state index contributed by atoms with van der Waals surface area (Å²) in [6, 6.07) is 6.35. The van der Waals surface area contributed by atoms with Crippen LogP contribution in [-0.4, -0.2) is 16.8 Å². The number of thiocarbonyl (C=S) groups is 1. The normalized spacial score (nSPS) is 15.8. The van der Waals surface area contributed by atoms with Gasteiger partial charge in [0.05, 0.1) is 10.4 Å². The van der Waals surface area contributed by atoms with Crippen molar-refractivity contribution in [1.29, 1.82) is 0 Å². The topological polar surface area (TPSA) is 98.2 Å². The van der Waals surface area contributed by atoms with Gasteiger partial charge in [-0.1, -0.05) is 12.2 Å². The molecule has 2 rings (SSSR count). The third-order valence-electron chi connectivity index (χ3n) is 3.08. The fourth-order valence-electron chi connectivity index (χ4n) is 1.68. The molecule has 0 unspecified atom stereocenters. The number of anilines is 1. The van der Waals surface area contributed by atoms with Crippen LogP contribution in [-0.2, 0) is 4.79 Å². The van der Waals surface area contributed by atoms with E-state index in [1.165, 1.54) is 0 Å². The van der Waals surface area contributed by atoms with Gasteiger partial charge in [0.25, 0.3) is 0 Å². The second kappa shape index (κ2) is 4.38. The number of carbonyl (C=O) groups is 2. The lowest BCUT2D eigenvalue weighted by atomic mass is 10.1. The maximum absolute atomic E-state index is 12.0. The smallest absolute Gasteiger partial charge is 0.248 e. The molecule has 5 N–H and O–H groups in total. The fraction of sp³-hybridized carbons (Fsp3) is 0.250. The summed E-state index contributed by atoms with van der Waals surface area (Å²) in [6.45, 7) is 0. The zero-order chi connectivity index (χ0) is 13.3. The van der Waals surface area contributed by atoms with Crippen LogP contribution in [0.3, 0.4) is 0 Å². The van der Waals surface area contributed by atoms with Gasteiger partial charge in [0, 0.05) is 11.3 Å². The van der Waals surface area contributed by atoms with Crippen molar-refractivity contribution in [3.63, 3.8) is 0 Å². The van der Waals surface area contributed by atoms with Crippen molar-refractivity contribution < 1.29 is 9.59 Å². The van der Waals surface area contributed by atoms with Crippen molar-refractivity contribution in [2.24, 2.45) is 16.9 Å². The molecule has 0 radical (unpaired) electrons. The molecule has 1 aliphatic carbocycles. The summed E-state index contributed by atoms with van der Waals surface area (Å²) in [5, 5.41) is 2.73. The lowest BCUT2D eigenvalue weighted by molar-refractivity contribution is -0.118. The van der Waals surface area contributed by atoms with E-state index in [0.29, 0.717) is 24.1 Å². The van der Waals surface area contributed by atoms with E-state index in [9.17, 15) is 9.59 Å². The molecule has 94 valence electrons. The first-order valence-corrected chi connectivity index (χ1v) is 5.88. The molecule has 2 amide bonds. The molecule has 0 aromatic heterocycles. The first-order chi connectivity index (χ1) is 8.45. The number of benzene rings is 1. The number of rotatable bonds is 4. The Hall–Kier alpha value is -1.95. The van der Waals surface area contributed by atoms with E-state index in [1.54, 1.807) is 24.3 Å². The molecule has 0 bridgehead atoms. The molecule has 0 heterocycles. The third-order valence-corrected chi connectivity index (χ3v) is 3.47. The maximum Gasteiger partial charge on any atom is 0.248 e. The molecule has 0 spiro atoms. The number of nitrogens with two attached hydrogens (primary N) is 2.